The van der Waals surface area contributed by atoms with E-state index < -0.39 is 0 Å². The molecule has 0 aromatic heterocycles. The number of aryl methyl sites for hydroxylation is 1. The Morgan fingerprint density at radius 3 is 2.39 bits per heavy atom. The van der Waals surface area contributed by atoms with E-state index in [0.717, 1.165) is 19.4 Å². The minimum atomic E-state index is 0.125. The zero-order chi connectivity index (χ0) is 15.5. The van der Waals surface area contributed by atoms with Crippen molar-refractivity contribution in [2.75, 3.05) is 13.2 Å². The number of hydrogen-bond acceptors (Lipinski definition) is 2. The first-order valence-corrected chi connectivity index (χ1v) is 8.43. The first-order chi connectivity index (χ1) is 11.4. The third-order valence-corrected chi connectivity index (χ3v) is 4.93. The van der Waals surface area contributed by atoms with Gasteiger partial charge in [0.25, 0.3) is 0 Å². The van der Waals surface area contributed by atoms with Crippen molar-refractivity contribution < 1.29 is 9.47 Å². The Hall–Kier alpha value is -1.90. The maximum atomic E-state index is 6.13. The van der Waals surface area contributed by atoms with Gasteiger partial charge in [-0.1, -0.05) is 66.7 Å². The molecule has 0 radical (unpaired) electrons. The molecular weight excluding hydrogens is 284 g/mol. The summed E-state index contributed by atoms with van der Waals surface area (Å²) in [5.41, 5.74) is 4.06. The second-order valence-corrected chi connectivity index (χ2v) is 6.34. The molecule has 2 aliphatic heterocycles. The Bertz CT molecular complexity index is 663. The van der Waals surface area contributed by atoms with Crippen LogP contribution in [0.15, 0.2) is 72.3 Å². The van der Waals surface area contributed by atoms with Crippen molar-refractivity contribution in [1.29, 1.82) is 0 Å². The third kappa shape index (κ3) is 3.10. The Balaban J connectivity index is 1.52. The monoisotopic (exact) mass is 306 g/mol. The summed E-state index contributed by atoms with van der Waals surface area (Å²) in [5, 5.41) is 0. The van der Waals surface area contributed by atoms with E-state index in [1.807, 2.05) is 0 Å². The number of hydrogen-bond donors (Lipinski definition) is 0. The average molecular weight is 306 g/mol. The SMILES string of the molecule is C1=C2CO[C@H](CCc3ccccc3)[C@@H]2[C@H](c2ccccc2)OC1. The normalized spacial score (nSPS) is 26.6. The average Bonchev–Trinajstić information content (AvgIpc) is 3.05. The molecule has 1 fully saturated rings. The fourth-order valence-corrected chi connectivity index (χ4v) is 3.75. The summed E-state index contributed by atoms with van der Waals surface area (Å²) in [6, 6.07) is 21.2. The summed E-state index contributed by atoms with van der Waals surface area (Å²) in [7, 11) is 0. The third-order valence-electron chi connectivity index (χ3n) is 4.93. The van der Waals surface area contributed by atoms with Gasteiger partial charge in [0, 0.05) is 5.92 Å². The highest BCUT2D eigenvalue weighted by Crippen LogP contribution is 2.43. The molecule has 4 rings (SSSR count). The van der Waals surface area contributed by atoms with Crippen LogP contribution in [0.3, 0.4) is 0 Å². The van der Waals surface area contributed by atoms with E-state index in [1.54, 1.807) is 0 Å². The fourth-order valence-electron chi connectivity index (χ4n) is 3.75. The Morgan fingerprint density at radius 2 is 1.61 bits per heavy atom. The number of fused-ring (bicyclic) bond motifs is 1. The molecular formula is C21H22O2. The largest absolute Gasteiger partial charge is 0.373 e. The van der Waals surface area contributed by atoms with Crippen LogP contribution in [-0.2, 0) is 15.9 Å². The van der Waals surface area contributed by atoms with E-state index in [4.69, 9.17) is 9.47 Å². The summed E-state index contributed by atoms with van der Waals surface area (Å²) in [5.74, 6) is 0.356. The lowest BCUT2D eigenvalue weighted by molar-refractivity contribution is -0.0123. The van der Waals surface area contributed by atoms with Crippen LogP contribution in [0.4, 0.5) is 0 Å². The van der Waals surface area contributed by atoms with Crippen LogP contribution < -0.4 is 0 Å². The molecule has 0 amide bonds. The van der Waals surface area contributed by atoms with Gasteiger partial charge in [-0.3, -0.25) is 0 Å². The predicted molar refractivity (Wildman–Crippen MR) is 91.2 cm³/mol. The van der Waals surface area contributed by atoms with Gasteiger partial charge >= 0.3 is 0 Å². The van der Waals surface area contributed by atoms with Gasteiger partial charge in [0.2, 0.25) is 0 Å². The molecule has 2 aromatic carbocycles. The van der Waals surface area contributed by atoms with Crippen LogP contribution in [0, 0.1) is 5.92 Å². The summed E-state index contributed by atoms with van der Waals surface area (Å²) in [6.45, 7) is 1.46. The molecule has 118 valence electrons. The molecule has 2 nitrogen and oxygen atoms in total. The molecule has 2 aromatic rings. The summed E-state index contributed by atoms with van der Waals surface area (Å²) in [6.07, 6.45) is 4.67. The van der Waals surface area contributed by atoms with E-state index in [2.05, 4.69) is 66.7 Å². The van der Waals surface area contributed by atoms with Crippen LogP contribution in [0.25, 0.3) is 0 Å². The quantitative estimate of drug-likeness (QED) is 0.783. The smallest absolute Gasteiger partial charge is 0.0920 e. The molecule has 0 bridgehead atoms. The predicted octanol–water partition coefficient (Wildman–Crippen LogP) is 4.33. The molecule has 23 heavy (non-hydrogen) atoms. The highest BCUT2D eigenvalue weighted by Gasteiger charge is 2.41. The van der Waals surface area contributed by atoms with Gasteiger partial charge in [-0.05, 0) is 29.5 Å². The topological polar surface area (TPSA) is 18.5 Å². The molecule has 1 saturated heterocycles. The maximum Gasteiger partial charge on any atom is 0.0920 e. The van der Waals surface area contributed by atoms with Gasteiger partial charge in [0.05, 0.1) is 25.4 Å². The fraction of sp³-hybridized carbons (Fsp3) is 0.333. The molecule has 3 atom stereocenters. The van der Waals surface area contributed by atoms with Gasteiger partial charge in [-0.15, -0.1) is 0 Å². The van der Waals surface area contributed by atoms with Crippen LogP contribution in [0.5, 0.6) is 0 Å². The van der Waals surface area contributed by atoms with Crippen molar-refractivity contribution in [3.05, 3.63) is 83.4 Å². The zero-order valence-electron chi connectivity index (χ0n) is 13.2. The van der Waals surface area contributed by atoms with Gasteiger partial charge in [-0.25, -0.2) is 0 Å². The first kappa shape index (κ1) is 14.7. The lowest BCUT2D eigenvalue weighted by atomic mass is 9.83. The van der Waals surface area contributed by atoms with Crippen LogP contribution in [0.1, 0.15) is 23.7 Å². The molecule has 2 aliphatic rings. The van der Waals surface area contributed by atoms with Crippen molar-refractivity contribution >= 4 is 0 Å². The number of ether oxygens (including phenoxy) is 2. The van der Waals surface area contributed by atoms with E-state index in [-0.39, 0.29) is 12.2 Å². The molecule has 0 N–H and O–H groups in total. The van der Waals surface area contributed by atoms with E-state index >= 15 is 0 Å². The van der Waals surface area contributed by atoms with E-state index in [0.29, 0.717) is 12.5 Å². The van der Waals surface area contributed by atoms with Crippen molar-refractivity contribution in [3.63, 3.8) is 0 Å². The zero-order valence-corrected chi connectivity index (χ0v) is 13.2. The van der Waals surface area contributed by atoms with Crippen LogP contribution >= 0.6 is 0 Å². The Kier molecular flexibility index (Phi) is 4.27. The summed E-state index contributed by atoms with van der Waals surface area (Å²) >= 11 is 0. The van der Waals surface area contributed by atoms with Crippen LogP contribution in [-0.4, -0.2) is 19.3 Å². The van der Waals surface area contributed by atoms with Crippen LogP contribution in [0.2, 0.25) is 0 Å². The van der Waals surface area contributed by atoms with Crippen molar-refractivity contribution in [3.8, 4) is 0 Å². The number of rotatable bonds is 4. The minimum Gasteiger partial charge on any atom is -0.373 e. The second kappa shape index (κ2) is 6.69. The Morgan fingerprint density at radius 1 is 0.870 bits per heavy atom. The van der Waals surface area contributed by atoms with Gasteiger partial charge < -0.3 is 9.47 Å². The summed E-state index contributed by atoms with van der Waals surface area (Å²) < 4.78 is 12.2. The van der Waals surface area contributed by atoms with Gasteiger partial charge in [-0.2, -0.15) is 0 Å². The van der Waals surface area contributed by atoms with Gasteiger partial charge in [0.15, 0.2) is 0 Å². The first-order valence-electron chi connectivity index (χ1n) is 8.43. The molecule has 0 unspecified atom stereocenters. The van der Waals surface area contributed by atoms with E-state index in [1.165, 1.54) is 16.7 Å². The molecule has 0 spiro atoms. The number of benzene rings is 2. The van der Waals surface area contributed by atoms with E-state index in [9.17, 15) is 0 Å². The summed E-state index contributed by atoms with van der Waals surface area (Å²) in [4.78, 5) is 0. The standard InChI is InChI=1S/C21H22O2/c1-3-7-16(8-4-1)11-12-19-20-18(15-23-19)13-14-22-21(20)17-9-5-2-6-10-17/h1-10,13,19-21H,11-12,14-15H2/t19-,20-,21+/m1/s1. The van der Waals surface area contributed by atoms with Crippen molar-refractivity contribution in [1.82, 2.24) is 0 Å². The molecule has 2 heteroatoms. The molecule has 0 saturated carbocycles. The van der Waals surface area contributed by atoms with Gasteiger partial charge in [0.1, 0.15) is 0 Å². The Labute approximate surface area is 137 Å². The second-order valence-electron chi connectivity index (χ2n) is 6.34. The van der Waals surface area contributed by atoms with Crippen molar-refractivity contribution in [2.24, 2.45) is 5.92 Å². The highest BCUT2D eigenvalue weighted by molar-refractivity contribution is 5.27. The highest BCUT2D eigenvalue weighted by atomic mass is 16.5. The maximum absolute atomic E-state index is 6.13. The lowest BCUT2D eigenvalue weighted by Gasteiger charge is -2.31. The molecule has 2 heterocycles. The minimum absolute atomic E-state index is 0.125. The molecule has 0 aliphatic carbocycles. The lowest BCUT2D eigenvalue weighted by Crippen LogP contribution is -2.29. The van der Waals surface area contributed by atoms with Crippen molar-refractivity contribution in [2.45, 2.75) is 25.0 Å².